The molecule has 3 heterocycles. The summed E-state index contributed by atoms with van der Waals surface area (Å²) in [5.41, 5.74) is 0.427. The summed E-state index contributed by atoms with van der Waals surface area (Å²) in [6, 6.07) is 4.72. The number of benzene rings is 1. The van der Waals surface area contributed by atoms with Crippen LogP contribution in [0.3, 0.4) is 0 Å². The van der Waals surface area contributed by atoms with Crippen molar-refractivity contribution >= 4 is 27.3 Å². The number of rotatable bonds is 10. The molecule has 3 aromatic rings. The monoisotopic (exact) mass is 550 g/mol. The number of sulfone groups is 1. The van der Waals surface area contributed by atoms with Gasteiger partial charge in [-0.25, -0.2) is 18.4 Å². The molecule has 0 bridgehead atoms. The van der Waals surface area contributed by atoms with Crippen molar-refractivity contribution in [3.8, 4) is 17.2 Å². The van der Waals surface area contributed by atoms with E-state index in [1.807, 2.05) is 0 Å². The third kappa shape index (κ3) is 5.38. The topological polar surface area (TPSA) is 147 Å². The Morgan fingerprint density at radius 3 is 2.32 bits per heavy atom. The number of ether oxygens (including phenoxy) is 3. The largest absolute Gasteiger partial charge is 0.494 e. The van der Waals surface area contributed by atoms with Gasteiger partial charge in [-0.15, -0.1) is 10.2 Å². The van der Waals surface area contributed by atoms with Gasteiger partial charge in [0.2, 0.25) is 5.91 Å². The van der Waals surface area contributed by atoms with Gasteiger partial charge >= 0.3 is 0 Å². The molecule has 1 amide bonds. The van der Waals surface area contributed by atoms with E-state index in [-0.39, 0.29) is 17.6 Å². The van der Waals surface area contributed by atoms with Crippen molar-refractivity contribution in [2.75, 3.05) is 21.3 Å². The van der Waals surface area contributed by atoms with Crippen LogP contribution in [0.5, 0.6) is 11.5 Å². The fourth-order valence-corrected chi connectivity index (χ4v) is 5.75. The Bertz CT molecular complexity index is 1360. The summed E-state index contributed by atoms with van der Waals surface area (Å²) < 4.78 is 45.5. The maximum Gasteiger partial charge on any atom is 0.220 e. The lowest BCUT2D eigenvalue weighted by molar-refractivity contribution is -0.119. The average molecular weight is 551 g/mol. The highest BCUT2D eigenvalue weighted by Gasteiger charge is 2.36. The van der Waals surface area contributed by atoms with Crippen LogP contribution in [-0.4, -0.2) is 65.6 Å². The predicted molar refractivity (Wildman–Crippen MR) is 133 cm³/mol. The second kappa shape index (κ2) is 11.0. The number of amides is 1. The van der Waals surface area contributed by atoms with Crippen molar-refractivity contribution in [3.63, 3.8) is 0 Å². The first kappa shape index (κ1) is 26.8. The number of para-hydroxylation sites is 1. The number of halogens is 1. The molecule has 1 aromatic carbocycles. The molecule has 1 N–H and O–H groups in total. The highest BCUT2D eigenvalue weighted by Crippen LogP contribution is 2.37. The minimum Gasteiger partial charge on any atom is -0.494 e. The van der Waals surface area contributed by atoms with Crippen LogP contribution >= 0.6 is 11.6 Å². The van der Waals surface area contributed by atoms with Crippen molar-refractivity contribution in [2.45, 2.75) is 42.9 Å². The molecule has 0 unspecified atom stereocenters. The van der Waals surface area contributed by atoms with Gasteiger partial charge in [0.05, 0.1) is 30.5 Å². The minimum atomic E-state index is -3.90. The van der Waals surface area contributed by atoms with E-state index < -0.39 is 33.0 Å². The van der Waals surface area contributed by atoms with Crippen molar-refractivity contribution in [1.29, 1.82) is 0 Å². The summed E-state index contributed by atoms with van der Waals surface area (Å²) in [6.07, 6.45) is 2.61. The molecule has 2 aromatic heterocycles. The number of carbonyl (C=O) groups excluding carboxylic acids is 1. The van der Waals surface area contributed by atoms with Crippen LogP contribution in [0.2, 0.25) is 5.02 Å². The van der Waals surface area contributed by atoms with E-state index in [2.05, 4.69) is 25.5 Å². The fourth-order valence-electron chi connectivity index (χ4n) is 4.23. The quantitative estimate of drug-likeness (QED) is 0.399. The summed E-state index contributed by atoms with van der Waals surface area (Å²) in [5.74, 6) is 0.900. The molecule has 37 heavy (non-hydrogen) atoms. The molecule has 1 fully saturated rings. The number of nitrogens with one attached hydrogen (secondary N) is 1. The standard InChI is InChI=1S/C23H27ClN6O6S/c1-13(21(36-4)22-25-10-14(24)11-26-22)37(32,33)12-18-28-29-23(15-8-9-19(31)27-15)30(18)20-16(34-2)6-5-7-17(20)35-3/h5-7,10-11,13,15,21H,8-9,12H2,1-4H3,(H,27,31)/t13-,15+,21-/m0/s1. The van der Waals surface area contributed by atoms with Crippen molar-refractivity contribution in [3.05, 3.63) is 53.1 Å². The Morgan fingerprint density at radius 2 is 1.78 bits per heavy atom. The Labute approximate surface area is 219 Å². The second-order valence-electron chi connectivity index (χ2n) is 8.41. The molecule has 0 spiro atoms. The molecule has 0 radical (unpaired) electrons. The number of carbonyl (C=O) groups is 1. The second-order valence-corrected chi connectivity index (χ2v) is 11.2. The van der Waals surface area contributed by atoms with E-state index in [0.29, 0.717) is 40.9 Å². The summed E-state index contributed by atoms with van der Waals surface area (Å²) in [5, 5.41) is 10.7. The average Bonchev–Trinajstić information content (AvgIpc) is 3.50. The molecule has 4 rings (SSSR count). The zero-order chi connectivity index (χ0) is 26.7. The van der Waals surface area contributed by atoms with Gasteiger partial charge in [-0.2, -0.15) is 0 Å². The Kier molecular flexibility index (Phi) is 7.95. The van der Waals surface area contributed by atoms with Gasteiger partial charge in [-0.1, -0.05) is 17.7 Å². The van der Waals surface area contributed by atoms with Crippen LogP contribution < -0.4 is 14.8 Å². The summed E-state index contributed by atoms with van der Waals surface area (Å²) in [7, 11) is 0.470. The molecule has 12 nitrogen and oxygen atoms in total. The van der Waals surface area contributed by atoms with E-state index in [4.69, 9.17) is 25.8 Å². The molecule has 3 atom stereocenters. The van der Waals surface area contributed by atoms with Crippen LogP contribution in [0.4, 0.5) is 0 Å². The normalized spacial score (nSPS) is 17.3. The smallest absolute Gasteiger partial charge is 0.220 e. The fraction of sp³-hybridized carbons (Fsp3) is 0.435. The first-order chi connectivity index (χ1) is 17.7. The van der Waals surface area contributed by atoms with Gasteiger partial charge in [0.15, 0.2) is 27.3 Å². The van der Waals surface area contributed by atoms with Gasteiger partial charge in [0.25, 0.3) is 0 Å². The third-order valence-corrected chi connectivity index (χ3v) is 8.40. The number of hydrogen-bond donors (Lipinski definition) is 1. The molecule has 0 saturated carbocycles. The van der Waals surface area contributed by atoms with Crippen LogP contribution in [-0.2, 0) is 25.1 Å². The highest BCUT2D eigenvalue weighted by atomic mass is 35.5. The van der Waals surface area contributed by atoms with Gasteiger partial charge in [-0.05, 0) is 25.5 Å². The highest BCUT2D eigenvalue weighted by molar-refractivity contribution is 7.91. The van der Waals surface area contributed by atoms with Gasteiger partial charge in [0, 0.05) is 25.9 Å². The van der Waals surface area contributed by atoms with Crippen molar-refractivity contribution in [2.24, 2.45) is 0 Å². The first-order valence-electron chi connectivity index (χ1n) is 11.4. The number of hydrogen-bond acceptors (Lipinski definition) is 10. The molecule has 1 saturated heterocycles. The molecule has 0 aliphatic carbocycles. The van der Waals surface area contributed by atoms with E-state index >= 15 is 0 Å². The molecular weight excluding hydrogens is 524 g/mol. The minimum absolute atomic E-state index is 0.123. The summed E-state index contributed by atoms with van der Waals surface area (Å²) >= 11 is 5.88. The summed E-state index contributed by atoms with van der Waals surface area (Å²) in [6.45, 7) is 1.52. The Hall–Kier alpha value is -3.29. The molecular formula is C23H27ClN6O6S. The first-order valence-corrected chi connectivity index (χ1v) is 13.5. The van der Waals surface area contributed by atoms with Crippen molar-refractivity contribution < 1.29 is 27.4 Å². The zero-order valence-electron chi connectivity index (χ0n) is 20.7. The SMILES string of the molecule is COc1cccc(OC)c1-n1c(CS(=O)(=O)[C@@H](C)[C@H](OC)c2ncc(Cl)cn2)nnc1[C@H]1CCC(=O)N1. The molecule has 14 heteroatoms. The molecule has 198 valence electrons. The maximum atomic E-state index is 13.6. The van der Waals surface area contributed by atoms with E-state index in [9.17, 15) is 13.2 Å². The lowest BCUT2D eigenvalue weighted by Crippen LogP contribution is -2.30. The maximum absolute atomic E-state index is 13.6. The van der Waals surface area contributed by atoms with Gasteiger partial charge in [0.1, 0.15) is 29.0 Å². The summed E-state index contributed by atoms with van der Waals surface area (Å²) in [4.78, 5) is 20.2. The number of aromatic nitrogens is 5. The van der Waals surface area contributed by atoms with E-state index in [1.54, 1.807) is 22.8 Å². The van der Waals surface area contributed by atoms with Crippen LogP contribution in [0.1, 0.15) is 49.4 Å². The number of methoxy groups -OCH3 is 3. The van der Waals surface area contributed by atoms with Gasteiger partial charge < -0.3 is 19.5 Å². The van der Waals surface area contributed by atoms with Gasteiger partial charge in [-0.3, -0.25) is 9.36 Å². The predicted octanol–water partition coefficient (Wildman–Crippen LogP) is 2.37. The third-order valence-electron chi connectivity index (χ3n) is 6.16. The zero-order valence-corrected chi connectivity index (χ0v) is 22.3. The lowest BCUT2D eigenvalue weighted by atomic mass is 10.2. The van der Waals surface area contributed by atoms with Crippen LogP contribution in [0.15, 0.2) is 30.6 Å². The molecule has 1 aliphatic rings. The van der Waals surface area contributed by atoms with E-state index in [0.717, 1.165) is 0 Å². The lowest BCUT2D eigenvalue weighted by Gasteiger charge is -2.22. The van der Waals surface area contributed by atoms with E-state index in [1.165, 1.54) is 40.6 Å². The Morgan fingerprint density at radius 1 is 1.14 bits per heavy atom. The number of nitrogens with zero attached hydrogens (tertiary/aromatic N) is 5. The molecule has 1 aliphatic heterocycles. The van der Waals surface area contributed by atoms with Crippen LogP contribution in [0, 0.1) is 0 Å². The van der Waals surface area contributed by atoms with Crippen molar-refractivity contribution in [1.82, 2.24) is 30.0 Å². The van der Waals surface area contributed by atoms with Crippen LogP contribution in [0.25, 0.3) is 5.69 Å². The Balaban J connectivity index is 1.79.